The molecule has 4 nitrogen and oxygen atoms in total. The molecular formula is C11H18O4. The Bertz CT molecular complexity index is 231. The summed E-state index contributed by atoms with van der Waals surface area (Å²) in [5.41, 5.74) is 0. The van der Waals surface area contributed by atoms with Crippen LogP contribution in [-0.4, -0.2) is 24.2 Å². The van der Waals surface area contributed by atoms with E-state index in [9.17, 15) is 9.59 Å². The van der Waals surface area contributed by atoms with E-state index < -0.39 is 17.9 Å². The van der Waals surface area contributed by atoms with E-state index in [0.717, 1.165) is 6.42 Å². The van der Waals surface area contributed by atoms with Crippen molar-refractivity contribution in [3.63, 3.8) is 0 Å². The average molecular weight is 214 g/mol. The van der Waals surface area contributed by atoms with Crippen LogP contribution in [0.15, 0.2) is 0 Å². The van der Waals surface area contributed by atoms with Gasteiger partial charge in [-0.2, -0.15) is 0 Å². The lowest BCUT2D eigenvalue weighted by Crippen LogP contribution is -2.25. The number of carbonyl (C=O) groups excluding carboxylic acids is 1. The van der Waals surface area contributed by atoms with Crippen LogP contribution < -0.4 is 0 Å². The standard InChI is InChI=1S/C11H18O4/c1-15-11(14)9(10(12)13)7-6-8-4-2-3-5-8/h8-9H,2-7H2,1H3,(H,12,13). The molecule has 1 aliphatic carbocycles. The zero-order valence-corrected chi connectivity index (χ0v) is 9.07. The summed E-state index contributed by atoms with van der Waals surface area (Å²) in [5, 5.41) is 8.85. The van der Waals surface area contributed by atoms with E-state index in [1.54, 1.807) is 0 Å². The highest BCUT2D eigenvalue weighted by Gasteiger charge is 2.28. The van der Waals surface area contributed by atoms with Gasteiger partial charge in [0.05, 0.1) is 7.11 Å². The molecule has 15 heavy (non-hydrogen) atoms. The van der Waals surface area contributed by atoms with Crippen molar-refractivity contribution in [2.24, 2.45) is 11.8 Å². The highest BCUT2D eigenvalue weighted by Crippen LogP contribution is 2.30. The maximum Gasteiger partial charge on any atom is 0.320 e. The Kier molecular flexibility index (Phi) is 4.59. The molecule has 0 spiro atoms. The molecule has 4 heteroatoms. The molecule has 0 aromatic carbocycles. The minimum absolute atomic E-state index is 0.409. The fourth-order valence-corrected chi connectivity index (χ4v) is 2.19. The number of hydrogen-bond donors (Lipinski definition) is 1. The minimum atomic E-state index is -1.07. The van der Waals surface area contributed by atoms with Gasteiger partial charge in [-0.1, -0.05) is 25.7 Å². The monoisotopic (exact) mass is 214 g/mol. The lowest BCUT2D eigenvalue weighted by molar-refractivity contribution is -0.157. The van der Waals surface area contributed by atoms with Crippen LogP contribution in [0.5, 0.6) is 0 Å². The lowest BCUT2D eigenvalue weighted by Gasteiger charge is -2.12. The summed E-state index contributed by atoms with van der Waals surface area (Å²) in [4.78, 5) is 22.0. The van der Waals surface area contributed by atoms with Crippen molar-refractivity contribution in [2.75, 3.05) is 7.11 Å². The van der Waals surface area contributed by atoms with Crippen molar-refractivity contribution in [3.05, 3.63) is 0 Å². The maximum absolute atomic E-state index is 11.2. The molecule has 1 aliphatic rings. The van der Waals surface area contributed by atoms with Crippen molar-refractivity contribution in [3.8, 4) is 0 Å². The van der Waals surface area contributed by atoms with Crippen LogP contribution >= 0.6 is 0 Å². The first-order valence-electron chi connectivity index (χ1n) is 5.45. The van der Waals surface area contributed by atoms with Gasteiger partial charge in [0, 0.05) is 0 Å². The van der Waals surface area contributed by atoms with Crippen molar-refractivity contribution in [1.29, 1.82) is 0 Å². The molecule has 0 bridgehead atoms. The fourth-order valence-electron chi connectivity index (χ4n) is 2.19. The Hall–Kier alpha value is -1.06. The summed E-state index contributed by atoms with van der Waals surface area (Å²) in [6, 6.07) is 0. The predicted molar refractivity (Wildman–Crippen MR) is 54.3 cm³/mol. The average Bonchev–Trinajstić information content (AvgIpc) is 2.70. The minimum Gasteiger partial charge on any atom is -0.481 e. The third-order valence-electron chi connectivity index (χ3n) is 3.12. The van der Waals surface area contributed by atoms with Gasteiger partial charge in [0.15, 0.2) is 5.92 Å². The van der Waals surface area contributed by atoms with Crippen LogP contribution in [0.2, 0.25) is 0 Å². The van der Waals surface area contributed by atoms with Crippen LogP contribution in [0, 0.1) is 11.8 Å². The summed E-state index contributed by atoms with van der Waals surface area (Å²) >= 11 is 0. The molecule has 0 aromatic heterocycles. The smallest absolute Gasteiger partial charge is 0.320 e. The molecule has 86 valence electrons. The van der Waals surface area contributed by atoms with Gasteiger partial charge >= 0.3 is 11.9 Å². The Morgan fingerprint density at radius 1 is 1.40 bits per heavy atom. The predicted octanol–water partition coefficient (Wildman–Crippen LogP) is 1.83. The first kappa shape index (κ1) is 12.0. The number of carboxylic acids is 1. The Morgan fingerprint density at radius 3 is 2.47 bits per heavy atom. The van der Waals surface area contributed by atoms with E-state index >= 15 is 0 Å². The number of aliphatic carboxylic acids is 1. The molecule has 0 radical (unpaired) electrons. The Balaban J connectivity index is 2.37. The van der Waals surface area contributed by atoms with Crippen LogP contribution in [0.25, 0.3) is 0 Å². The molecule has 0 aromatic rings. The van der Waals surface area contributed by atoms with Crippen LogP contribution in [0.1, 0.15) is 38.5 Å². The molecule has 1 N–H and O–H groups in total. The summed E-state index contributed by atoms with van der Waals surface area (Å²) in [7, 11) is 1.23. The molecule has 0 amide bonds. The molecule has 1 saturated carbocycles. The van der Waals surface area contributed by atoms with Crippen molar-refractivity contribution in [2.45, 2.75) is 38.5 Å². The summed E-state index contributed by atoms with van der Waals surface area (Å²) < 4.78 is 4.47. The molecule has 1 unspecified atom stereocenters. The molecule has 0 heterocycles. The maximum atomic E-state index is 11.2. The second-order valence-corrected chi connectivity index (χ2v) is 4.14. The van der Waals surface area contributed by atoms with Gasteiger partial charge in [-0.15, -0.1) is 0 Å². The van der Waals surface area contributed by atoms with Gasteiger partial charge in [0.1, 0.15) is 0 Å². The largest absolute Gasteiger partial charge is 0.481 e. The number of methoxy groups -OCH3 is 1. The van der Waals surface area contributed by atoms with Crippen LogP contribution in [0.4, 0.5) is 0 Å². The first-order valence-corrected chi connectivity index (χ1v) is 5.45. The van der Waals surface area contributed by atoms with E-state index in [0.29, 0.717) is 12.3 Å². The van der Waals surface area contributed by atoms with E-state index in [1.807, 2.05) is 0 Å². The van der Waals surface area contributed by atoms with Crippen molar-refractivity contribution >= 4 is 11.9 Å². The summed E-state index contributed by atoms with van der Waals surface area (Å²) in [6.45, 7) is 0. The second-order valence-electron chi connectivity index (χ2n) is 4.14. The highest BCUT2D eigenvalue weighted by molar-refractivity contribution is 5.93. The zero-order valence-electron chi connectivity index (χ0n) is 9.07. The van der Waals surface area contributed by atoms with Crippen molar-refractivity contribution < 1.29 is 19.4 Å². The van der Waals surface area contributed by atoms with Gasteiger partial charge in [0.2, 0.25) is 0 Å². The van der Waals surface area contributed by atoms with E-state index in [4.69, 9.17) is 5.11 Å². The normalized spacial score (nSPS) is 18.7. The third-order valence-corrected chi connectivity index (χ3v) is 3.12. The molecule has 0 aliphatic heterocycles. The van der Waals surface area contributed by atoms with Crippen molar-refractivity contribution in [1.82, 2.24) is 0 Å². The first-order chi connectivity index (χ1) is 7.15. The molecular weight excluding hydrogens is 196 g/mol. The van der Waals surface area contributed by atoms with Gasteiger partial charge in [-0.05, 0) is 18.8 Å². The van der Waals surface area contributed by atoms with Gasteiger partial charge in [-0.25, -0.2) is 0 Å². The molecule has 1 rings (SSSR count). The second kappa shape index (κ2) is 5.73. The lowest BCUT2D eigenvalue weighted by atomic mass is 9.95. The SMILES string of the molecule is COC(=O)C(CCC1CCCC1)C(=O)O. The molecule has 1 fully saturated rings. The summed E-state index contributed by atoms with van der Waals surface area (Å²) in [6.07, 6.45) is 6.06. The number of hydrogen-bond acceptors (Lipinski definition) is 3. The third kappa shape index (κ3) is 3.53. The number of ether oxygens (including phenoxy) is 1. The molecule has 0 saturated heterocycles. The topological polar surface area (TPSA) is 63.6 Å². The van der Waals surface area contributed by atoms with E-state index in [-0.39, 0.29) is 0 Å². The molecule has 1 atom stereocenters. The van der Waals surface area contributed by atoms with E-state index in [2.05, 4.69) is 4.74 Å². The number of carbonyl (C=O) groups is 2. The zero-order chi connectivity index (χ0) is 11.3. The quantitative estimate of drug-likeness (QED) is 0.560. The highest BCUT2D eigenvalue weighted by atomic mass is 16.5. The van der Waals surface area contributed by atoms with Gasteiger partial charge < -0.3 is 9.84 Å². The Labute approximate surface area is 89.6 Å². The van der Waals surface area contributed by atoms with Gasteiger partial charge in [0.25, 0.3) is 0 Å². The van der Waals surface area contributed by atoms with Crippen LogP contribution in [-0.2, 0) is 14.3 Å². The number of rotatable bonds is 5. The summed E-state index contributed by atoms with van der Waals surface area (Å²) in [5.74, 6) is -2.06. The number of carboxylic acid groups (broad SMARTS) is 1. The van der Waals surface area contributed by atoms with Crippen LogP contribution in [0.3, 0.4) is 0 Å². The number of esters is 1. The van der Waals surface area contributed by atoms with E-state index in [1.165, 1.54) is 32.8 Å². The Morgan fingerprint density at radius 2 is 2.00 bits per heavy atom. The van der Waals surface area contributed by atoms with Gasteiger partial charge in [-0.3, -0.25) is 9.59 Å². The fraction of sp³-hybridized carbons (Fsp3) is 0.818.